The van der Waals surface area contributed by atoms with Crippen molar-refractivity contribution in [3.05, 3.63) is 102 Å². The average Bonchev–Trinajstić information content (AvgIpc) is 3.76. The topological polar surface area (TPSA) is 139 Å². The van der Waals surface area contributed by atoms with Gasteiger partial charge in [-0.1, -0.05) is 49.6 Å². The summed E-state index contributed by atoms with van der Waals surface area (Å²) in [6.07, 6.45) is 5.90. The number of aromatic carboxylic acids is 1. The number of ether oxygens (including phenoxy) is 1. The molecule has 0 saturated heterocycles. The van der Waals surface area contributed by atoms with Crippen LogP contribution < -0.4 is 4.74 Å². The predicted molar refractivity (Wildman–Crippen MR) is 170 cm³/mol. The molecule has 4 aromatic carbocycles. The number of benzene rings is 4. The fraction of sp³-hybridized carbons (Fsp3) is 0.229. The van der Waals surface area contributed by atoms with Crippen molar-refractivity contribution in [1.29, 1.82) is 0 Å². The number of nitrogens with one attached hydrogen (secondary N) is 1. The summed E-state index contributed by atoms with van der Waals surface area (Å²) in [6.45, 7) is 0.152. The Bertz CT molecular complexity index is 1940. The Morgan fingerprint density at radius 1 is 0.889 bits per heavy atom. The molecule has 3 N–H and O–H groups in total. The van der Waals surface area contributed by atoms with Crippen molar-refractivity contribution >= 4 is 17.0 Å². The van der Waals surface area contributed by atoms with Crippen LogP contribution in [0, 0.1) is 0 Å². The maximum atomic E-state index is 11.7. The molecule has 0 aliphatic heterocycles. The van der Waals surface area contributed by atoms with Gasteiger partial charge in [-0.2, -0.15) is 5.21 Å². The molecular weight excluding hydrogens is 568 g/mol. The predicted octanol–water partition coefficient (Wildman–Crippen LogP) is 6.83. The van der Waals surface area contributed by atoms with Crippen molar-refractivity contribution in [2.45, 2.75) is 51.4 Å². The van der Waals surface area contributed by atoms with E-state index in [0.29, 0.717) is 17.6 Å². The van der Waals surface area contributed by atoms with Crippen LogP contribution in [0.5, 0.6) is 5.75 Å². The SMILES string of the molecule is O=C(O)c1ccc(-c2ccc(CO)cc2)c(COc2ccc(-c3nc4cc(-c5nn[nH]n5)ccc4n3C3CCCCC3)cc2)c1. The second-order valence-corrected chi connectivity index (χ2v) is 11.4. The molecular formula is C35H32N6O4. The van der Waals surface area contributed by atoms with Crippen molar-refractivity contribution in [3.8, 4) is 39.7 Å². The molecule has 6 aromatic rings. The van der Waals surface area contributed by atoms with Crippen LogP contribution in [-0.4, -0.2) is 46.4 Å². The molecule has 1 aliphatic carbocycles. The van der Waals surface area contributed by atoms with E-state index in [9.17, 15) is 15.0 Å². The summed E-state index contributed by atoms with van der Waals surface area (Å²) in [4.78, 5) is 16.8. The molecule has 45 heavy (non-hydrogen) atoms. The maximum absolute atomic E-state index is 11.7. The Labute approximate surface area is 259 Å². The summed E-state index contributed by atoms with van der Waals surface area (Å²) in [7, 11) is 0. The molecule has 1 saturated carbocycles. The molecule has 2 heterocycles. The van der Waals surface area contributed by atoms with Gasteiger partial charge in [0.05, 0.1) is 23.2 Å². The molecule has 2 aromatic heterocycles. The number of imidazole rings is 1. The number of rotatable bonds is 9. The fourth-order valence-corrected chi connectivity index (χ4v) is 6.21. The number of nitrogens with zero attached hydrogens (tertiary/aromatic N) is 5. The molecule has 7 rings (SSSR count). The number of carbonyl (C=O) groups is 1. The quantitative estimate of drug-likeness (QED) is 0.164. The zero-order chi connectivity index (χ0) is 30.8. The molecule has 0 bridgehead atoms. The standard InChI is InChI=1S/C35H32N6O4/c42-20-22-6-8-23(9-7-22)30-16-12-26(35(43)44)18-27(30)21-45-29-14-10-24(11-15-29)34-36-31-19-25(33-37-39-40-38-33)13-17-32(31)41(34)28-4-2-1-3-5-28/h6-19,28,42H,1-5,20-21H2,(H,43,44)(H,37,38,39,40). The van der Waals surface area contributed by atoms with Gasteiger partial charge in [0.15, 0.2) is 0 Å². The number of aliphatic hydroxyl groups excluding tert-OH is 1. The molecule has 0 amide bonds. The lowest BCUT2D eigenvalue weighted by molar-refractivity contribution is 0.0696. The van der Waals surface area contributed by atoms with Gasteiger partial charge >= 0.3 is 5.97 Å². The largest absolute Gasteiger partial charge is 0.489 e. The molecule has 0 unspecified atom stereocenters. The van der Waals surface area contributed by atoms with E-state index in [-0.39, 0.29) is 18.8 Å². The molecule has 1 fully saturated rings. The summed E-state index contributed by atoms with van der Waals surface area (Å²) >= 11 is 0. The van der Waals surface area contributed by atoms with E-state index in [1.54, 1.807) is 18.2 Å². The van der Waals surface area contributed by atoms with E-state index < -0.39 is 5.97 Å². The third-order valence-electron chi connectivity index (χ3n) is 8.54. The molecule has 0 spiro atoms. The van der Waals surface area contributed by atoms with Gasteiger partial charge in [0.1, 0.15) is 18.2 Å². The van der Waals surface area contributed by atoms with E-state index >= 15 is 0 Å². The third-order valence-corrected chi connectivity index (χ3v) is 8.54. The monoisotopic (exact) mass is 600 g/mol. The highest BCUT2D eigenvalue weighted by molar-refractivity contribution is 5.89. The van der Waals surface area contributed by atoms with Crippen LogP contribution in [0.1, 0.15) is 59.6 Å². The van der Waals surface area contributed by atoms with Crippen molar-refractivity contribution in [1.82, 2.24) is 30.2 Å². The van der Waals surface area contributed by atoms with Gasteiger partial charge in [-0.05, 0) is 94.9 Å². The number of carboxylic acid groups (broad SMARTS) is 1. The highest BCUT2D eigenvalue weighted by Gasteiger charge is 2.23. The van der Waals surface area contributed by atoms with Crippen LogP contribution in [-0.2, 0) is 13.2 Å². The fourth-order valence-electron chi connectivity index (χ4n) is 6.21. The van der Waals surface area contributed by atoms with Gasteiger partial charge in [-0.3, -0.25) is 0 Å². The number of fused-ring (bicyclic) bond motifs is 1. The molecule has 10 nitrogen and oxygen atoms in total. The van der Waals surface area contributed by atoms with Gasteiger partial charge in [0.2, 0.25) is 5.82 Å². The number of hydrogen-bond donors (Lipinski definition) is 3. The number of aliphatic hydroxyl groups is 1. The lowest BCUT2D eigenvalue weighted by Gasteiger charge is -2.25. The average molecular weight is 601 g/mol. The second kappa shape index (κ2) is 12.3. The first kappa shape index (κ1) is 28.4. The second-order valence-electron chi connectivity index (χ2n) is 11.4. The smallest absolute Gasteiger partial charge is 0.335 e. The highest BCUT2D eigenvalue weighted by Crippen LogP contribution is 2.37. The van der Waals surface area contributed by atoms with E-state index in [2.05, 4.69) is 31.3 Å². The number of hydrogen-bond acceptors (Lipinski definition) is 7. The van der Waals surface area contributed by atoms with Crippen molar-refractivity contribution in [2.75, 3.05) is 0 Å². The minimum absolute atomic E-state index is 0.0393. The highest BCUT2D eigenvalue weighted by atomic mass is 16.5. The Morgan fingerprint density at radius 3 is 2.36 bits per heavy atom. The summed E-state index contributed by atoms with van der Waals surface area (Å²) in [6, 6.07) is 27.0. The summed E-state index contributed by atoms with van der Waals surface area (Å²) < 4.78 is 8.59. The van der Waals surface area contributed by atoms with Crippen molar-refractivity contribution in [3.63, 3.8) is 0 Å². The minimum Gasteiger partial charge on any atom is -0.489 e. The summed E-state index contributed by atoms with van der Waals surface area (Å²) in [5.41, 5.74) is 7.38. The van der Waals surface area contributed by atoms with Crippen LogP contribution in [0.3, 0.4) is 0 Å². The lowest BCUT2D eigenvalue weighted by atomic mass is 9.95. The Balaban J connectivity index is 1.18. The van der Waals surface area contributed by atoms with Gasteiger partial charge in [0, 0.05) is 17.2 Å². The van der Waals surface area contributed by atoms with Crippen LogP contribution in [0.25, 0.3) is 44.9 Å². The van der Waals surface area contributed by atoms with Gasteiger partial charge in [-0.15, -0.1) is 10.2 Å². The first-order valence-electron chi connectivity index (χ1n) is 15.1. The van der Waals surface area contributed by atoms with Gasteiger partial charge in [0.25, 0.3) is 0 Å². The van der Waals surface area contributed by atoms with E-state index in [1.165, 1.54) is 19.3 Å². The summed E-state index contributed by atoms with van der Waals surface area (Å²) in [5, 5.41) is 33.5. The molecule has 0 atom stereocenters. The number of aromatic amines is 1. The molecule has 226 valence electrons. The van der Waals surface area contributed by atoms with Crippen molar-refractivity contribution < 1.29 is 19.7 Å². The Hall–Kier alpha value is -5.35. The van der Waals surface area contributed by atoms with Crippen LogP contribution >= 0.6 is 0 Å². The first-order chi connectivity index (χ1) is 22.1. The third kappa shape index (κ3) is 5.80. The molecule has 10 heteroatoms. The van der Waals surface area contributed by atoms with E-state index in [0.717, 1.165) is 63.1 Å². The number of H-pyrrole nitrogens is 1. The van der Waals surface area contributed by atoms with Gasteiger partial charge < -0.3 is 19.5 Å². The maximum Gasteiger partial charge on any atom is 0.335 e. The molecule has 0 radical (unpaired) electrons. The zero-order valence-corrected chi connectivity index (χ0v) is 24.6. The Morgan fingerprint density at radius 2 is 1.64 bits per heavy atom. The minimum atomic E-state index is -0.993. The van der Waals surface area contributed by atoms with Gasteiger partial charge in [-0.25, -0.2) is 9.78 Å². The number of aromatic nitrogens is 6. The normalized spacial score (nSPS) is 13.7. The zero-order valence-electron chi connectivity index (χ0n) is 24.6. The lowest BCUT2D eigenvalue weighted by Crippen LogP contribution is -2.14. The van der Waals surface area contributed by atoms with E-state index in [1.807, 2.05) is 60.7 Å². The van der Waals surface area contributed by atoms with Crippen LogP contribution in [0.2, 0.25) is 0 Å². The Kier molecular flexibility index (Phi) is 7.79. The first-order valence-corrected chi connectivity index (χ1v) is 15.1. The van der Waals surface area contributed by atoms with Crippen LogP contribution in [0.15, 0.2) is 84.9 Å². The number of carboxylic acids is 1. The summed E-state index contributed by atoms with van der Waals surface area (Å²) in [5.74, 6) is 1.12. The van der Waals surface area contributed by atoms with Crippen LogP contribution in [0.4, 0.5) is 0 Å². The molecule has 1 aliphatic rings. The van der Waals surface area contributed by atoms with Crippen molar-refractivity contribution in [2.24, 2.45) is 0 Å². The van der Waals surface area contributed by atoms with E-state index in [4.69, 9.17) is 9.72 Å². The number of tetrazole rings is 1.